The van der Waals surface area contributed by atoms with Crippen LogP contribution in [-0.4, -0.2) is 12.6 Å². The largest absolute Gasteiger partial charge is 0.466 e. The van der Waals surface area contributed by atoms with Crippen LogP contribution >= 0.6 is 0 Å². The van der Waals surface area contributed by atoms with E-state index in [2.05, 4.69) is 0 Å². The van der Waals surface area contributed by atoms with Crippen LogP contribution in [0.15, 0.2) is 18.2 Å². The van der Waals surface area contributed by atoms with Crippen molar-refractivity contribution >= 4 is 5.97 Å². The van der Waals surface area contributed by atoms with Gasteiger partial charge in [-0.3, -0.25) is 4.79 Å². The van der Waals surface area contributed by atoms with Gasteiger partial charge in [0.05, 0.1) is 12.5 Å². The molecular weight excluding hydrogens is 214 g/mol. The molecule has 1 unspecified atom stereocenters. The van der Waals surface area contributed by atoms with Crippen LogP contribution in [0.3, 0.4) is 0 Å². The third kappa shape index (κ3) is 2.05. The van der Waals surface area contributed by atoms with Crippen LogP contribution in [0.5, 0.6) is 0 Å². The van der Waals surface area contributed by atoms with Crippen molar-refractivity contribution in [1.82, 2.24) is 0 Å². The number of carbonyl (C=O) groups excluding carboxylic acids is 1. The van der Waals surface area contributed by atoms with Crippen LogP contribution in [0, 0.1) is 17.6 Å². The Hall–Kier alpha value is -1.45. The van der Waals surface area contributed by atoms with E-state index in [1.165, 1.54) is 6.07 Å². The molecule has 0 amide bonds. The molecule has 2 atom stereocenters. The number of rotatable bonds is 3. The fourth-order valence-electron chi connectivity index (χ4n) is 1.82. The van der Waals surface area contributed by atoms with Crippen LogP contribution in [-0.2, 0) is 9.53 Å². The maximum absolute atomic E-state index is 13.0. The molecule has 0 aromatic heterocycles. The van der Waals surface area contributed by atoms with E-state index in [0.29, 0.717) is 18.6 Å². The molecule has 1 fully saturated rings. The Labute approximate surface area is 92.2 Å². The van der Waals surface area contributed by atoms with E-state index >= 15 is 0 Å². The van der Waals surface area contributed by atoms with Gasteiger partial charge in [0.2, 0.25) is 0 Å². The average molecular weight is 226 g/mol. The van der Waals surface area contributed by atoms with Gasteiger partial charge in [0.15, 0.2) is 11.6 Å². The molecule has 16 heavy (non-hydrogen) atoms. The normalized spacial score (nSPS) is 22.9. The first-order chi connectivity index (χ1) is 7.63. The minimum Gasteiger partial charge on any atom is -0.466 e. The fourth-order valence-corrected chi connectivity index (χ4v) is 1.82. The summed E-state index contributed by atoms with van der Waals surface area (Å²) in [6.45, 7) is 2.09. The lowest BCUT2D eigenvalue weighted by atomic mass is 10.1. The molecule has 86 valence electrons. The maximum Gasteiger partial charge on any atom is 0.309 e. The Bertz CT molecular complexity index is 417. The predicted octanol–water partition coefficient (Wildman–Crippen LogP) is 2.63. The van der Waals surface area contributed by atoms with E-state index in [-0.39, 0.29) is 17.8 Å². The van der Waals surface area contributed by atoms with Gasteiger partial charge in [-0.1, -0.05) is 6.07 Å². The van der Waals surface area contributed by atoms with Crippen molar-refractivity contribution in [3.05, 3.63) is 35.4 Å². The number of hydrogen-bond acceptors (Lipinski definition) is 2. The number of carbonyl (C=O) groups is 1. The SMILES string of the molecule is CCOC(=O)C1C[C@H]1c1ccc(F)c(F)c1. The lowest BCUT2D eigenvalue weighted by molar-refractivity contribution is -0.144. The second-order valence-electron chi connectivity index (χ2n) is 3.87. The van der Waals surface area contributed by atoms with Crippen LogP contribution in [0.2, 0.25) is 0 Å². The predicted molar refractivity (Wildman–Crippen MR) is 53.8 cm³/mol. The standard InChI is InChI=1S/C12H12F2O2/c1-2-16-12(15)9-6-8(9)7-3-4-10(13)11(14)5-7/h3-5,8-9H,2,6H2,1H3/t8-,9?/m0/s1. The minimum absolute atomic E-state index is 0.0193. The Balaban J connectivity index is 2.06. The quantitative estimate of drug-likeness (QED) is 0.740. The molecule has 0 spiro atoms. The first kappa shape index (κ1) is 11.0. The van der Waals surface area contributed by atoms with Crippen LogP contribution in [0.1, 0.15) is 24.8 Å². The van der Waals surface area contributed by atoms with Crippen molar-refractivity contribution in [2.24, 2.45) is 5.92 Å². The zero-order chi connectivity index (χ0) is 11.7. The molecule has 2 nitrogen and oxygen atoms in total. The van der Waals surface area contributed by atoms with Gasteiger partial charge in [-0.2, -0.15) is 0 Å². The number of halogens is 2. The van der Waals surface area contributed by atoms with Crippen LogP contribution in [0.4, 0.5) is 8.78 Å². The van der Waals surface area contributed by atoms with Crippen molar-refractivity contribution in [2.45, 2.75) is 19.3 Å². The molecule has 1 aromatic rings. The maximum atomic E-state index is 13.0. The van der Waals surface area contributed by atoms with Crippen LogP contribution < -0.4 is 0 Å². The van der Waals surface area contributed by atoms with Crippen molar-refractivity contribution in [2.75, 3.05) is 6.61 Å². The van der Waals surface area contributed by atoms with Gasteiger partial charge in [-0.05, 0) is 37.0 Å². The Morgan fingerprint density at radius 3 is 2.81 bits per heavy atom. The van der Waals surface area contributed by atoms with E-state index in [1.54, 1.807) is 6.92 Å². The molecule has 0 saturated heterocycles. The smallest absolute Gasteiger partial charge is 0.309 e. The molecule has 2 rings (SSSR count). The molecule has 0 radical (unpaired) electrons. The number of hydrogen-bond donors (Lipinski definition) is 0. The van der Waals surface area contributed by atoms with Gasteiger partial charge in [0, 0.05) is 0 Å². The second kappa shape index (κ2) is 4.20. The van der Waals surface area contributed by atoms with Crippen molar-refractivity contribution in [3.63, 3.8) is 0 Å². The van der Waals surface area contributed by atoms with Gasteiger partial charge in [0.1, 0.15) is 0 Å². The summed E-state index contributed by atoms with van der Waals surface area (Å²) in [5.41, 5.74) is 0.664. The van der Waals surface area contributed by atoms with Crippen LogP contribution in [0.25, 0.3) is 0 Å². The first-order valence-electron chi connectivity index (χ1n) is 5.25. The number of esters is 1. The average Bonchev–Trinajstić information content (AvgIpc) is 3.02. The van der Waals surface area contributed by atoms with E-state index in [1.807, 2.05) is 0 Å². The summed E-state index contributed by atoms with van der Waals surface area (Å²) in [6.07, 6.45) is 0.657. The lowest BCUT2D eigenvalue weighted by Gasteiger charge is -2.02. The molecule has 0 heterocycles. The van der Waals surface area contributed by atoms with E-state index in [4.69, 9.17) is 4.74 Å². The minimum atomic E-state index is -0.869. The topological polar surface area (TPSA) is 26.3 Å². The zero-order valence-corrected chi connectivity index (χ0v) is 8.87. The molecule has 1 aliphatic rings. The monoisotopic (exact) mass is 226 g/mol. The van der Waals surface area contributed by atoms with Gasteiger partial charge in [-0.25, -0.2) is 8.78 Å². The summed E-state index contributed by atoms with van der Waals surface area (Å²) in [7, 11) is 0. The van der Waals surface area contributed by atoms with Gasteiger partial charge >= 0.3 is 5.97 Å². The highest BCUT2D eigenvalue weighted by Crippen LogP contribution is 2.48. The highest BCUT2D eigenvalue weighted by Gasteiger charge is 2.45. The highest BCUT2D eigenvalue weighted by molar-refractivity contribution is 5.77. The summed E-state index contributed by atoms with van der Waals surface area (Å²) < 4.78 is 30.5. The Kier molecular flexibility index (Phi) is 2.90. The van der Waals surface area contributed by atoms with Gasteiger partial charge in [0.25, 0.3) is 0 Å². The highest BCUT2D eigenvalue weighted by atomic mass is 19.2. The second-order valence-corrected chi connectivity index (χ2v) is 3.87. The third-order valence-corrected chi connectivity index (χ3v) is 2.75. The molecule has 4 heteroatoms. The van der Waals surface area contributed by atoms with E-state index in [0.717, 1.165) is 12.1 Å². The number of benzene rings is 1. The summed E-state index contributed by atoms with van der Waals surface area (Å²) in [5, 5.41) is 0. The Morgan fingerprint density at radius 2 is 2.19 bits per heavy atom. The molecule has 0 bridgehead atoms. The zero-order valence-electron chi connectivity index (χ0n) is 8.87. The van der Waals surface area contributed by atoms with Crippen molar-refractivity contribution in [1.29, 1.82) is 0 Å². The lowest BCUT2D eigenvalue weighted by Crippen LogP contribution is -2.07. The first-order valence-corrected chi connectivity index (χ1v) is 5.25. The summed E-state index contributed by atoms with van der Waals surface area (Å²) in [5.74, 6) is -2.19. The third-order valence-electron chi connectivity index (χ3n) is 2.75. The summed E-state index contributed by atoms with van der Waals surface area (Å²) in [6, 6.07) is 3.76. The van der Waals surface area contributed by atoms with Gasteiger partial charge < -0.3 is 4.74 Å². The molecule has 1 aromatic carbocycles. The fraction of sp³-hybridized carbons (Fsp3) is 0.417. The molecule has 1 saturated carbocycles. The summed E-state index contributed by atoms with van der Waals surface area (Å²) >= 11 is 0. The molecular formula is C12H12F2O2. The number of ether oxygens (including phenoxy) is 1. The van der Waals surface area contributed by atoms with Crippen molar-refractivity contribution < 1.29 is 18.3 Å². The van der Waals surface area contributed by atoms with E-state index < -0.39 is 11.6 Å². The van der Waals surface area contributed by atoms with E-state index in [9.17, 15) is 13.6 Å². The summed E-state index contributed by atoms with van der Waals surface area (Å²) in [4.78, 5) is 11.4. The van der Waals surface area contributed by atoms with Gasteiger partial charge in [-0.15, -0.1) is 0 Å². The molecule has 0 N–H and O–H groups in total. The Morgan fingerprint density at radius 1 is 1.44 bits per heavy atom. The molecule has 1 aliphatic carbocycles. The van der Waals surface area contributed by atoms with Crippen molar-refractivity contribution in [3.8, 4) is 0 Å². The molecule has 0 aliphatic heterocycles.